The Bertz CT molecular complexity index is 4.85. The van der Waals surface area contributed by atoms with Gasteiger partial charge in [0.1, 0.15) is 0 Å². The molecule has 0 aliphatic heterocycles. The summed E-state index contributed by atoms with van der Waals surface area (Å²) in [6.45, 7) is 0. The number of hydrogen-bond donors (Lipinski definition) is 0. The Hall–Kier alpha value is 0.659. The molecule has 0 aromatic carbocycles. The molecule has 0 aliphatic carbocycles. The van der Waals surface area contributed by atoms with E-state index >= 15 is 0 Å². The third-order valence-corrected chi connectivity index (χ3v) is 0. The maximum Gasteiger partial charge on any atom is 3.00 e. The normalized spacial score (nSPS) is 0. The summed E-state index contributed by atoms with van der Waals surface area (Å²) in [7, 11) is 0. The topological polar surface area (TPSA) is 85.5 Å². The molecule has 0 aromatic heterocycles. The fraction of sp³-hybridized carbons (Fsp3) is 0. The van der Waals surface area contributed by atoms with Gasteiger partial charge in [0.15, 0.2) is 0 Å². The molecule has 0 radical (unpaired) electrons. The Morgan fingerprint density at radius 1 is 0.400 bits per heavy atom. The smallest absolute Gasteiger partial charge is 2.00 e. The Morgan fingerprint density at radius 3 is 0.400 bits per heavy atom. The van der Waals surface area contributed by atoms with Crippen molar-refractivity contribution in [1.82, 2.24) is 0 Å². The van der Waals surface area contributed by atoms with Crippen LogP contribution in [0.4, 0.5) is 0 Å². The monoisotopic (exact) mass is 530 g/mol. The first-order valence-corrected chi connectivity index (χ1v) is 0. The Morgan fingerprint density at radius 2 is 0.400 bits per heavy atom. The fourth-order valence-corrected chi connectivity index (χ4v) is 0. The molecule has 0 fully saturated rings. The molecule has 0 rings (SSSR count). The summed E-state index contributed by atoms with van der Waals surface area (Å²) in [5, 5.41) is 0. The Labute approximate surface area is 45.7 Å². The minimum atomic E-state index is 0. The van der Waals surface area contributed by atoms with Gasteiger partial charge in [-0.25, -0.2) is 0 Å². The van der Waals surface area contributed by atoms with Crippen LogP contribution in [0.15, 0.2) is 0 Å². The molecule has 0 saturated heterocycles. The van der Waals surface area contributed by atoms with Crippen LogP contribution in [0.5, 0.6) is 0 Å². The van der Waals surface area contributed by atoms with Crippen LogP contribution in [0, 0.1) is 28.6 Å². The molecule has 5 heteroatoms. The molecule has 0 bridgehead atoms. The largest absolute Gasteiger partial charge is 3.00 e. The van der Waals surface area contributed by atoms with Gasteiger partial charge in [-0.2, -0.15) is 0 Å². The molecule has 0 N–H and O–H groups in total. The van der Waals surface area contributed by atoms with Crippen LogP contribution in [-0.2, 0) is 16.4 Å². The van der Waals surface area contributed by atoms with E-state index in [-0.39, 0.29) is 45.0 Å². The zero-order valence-corrected chi connectivity index (χ0v) is 8.28. The molecule has 5 heavy (non-hydrogen) atoms. The maximum absolute atomic E-state index is 0. The second-order valence-corrected chi connectivity index (χ2v) is 0. The molecular formula is Am2O3. The summed E-state index contributed by atoms with van der Waals surface area (Å²) in [4.78, 5) is 0. The molecule has 0 amide bonds. The van der Waals surface area contributed by atoms with Crippen LogP contribution in [0.25, 0.3) is 0 Å². The van der Waals surface area contributed by atoms with Crippen molar-refractivity contribution in [2.24, 2.45) is 0 Å². The number of hydrogen-bond acceptors (Lipinski definition) is 0. The van der Waals surface area contributed by atoms with Crippen LogP contribution < -0.4 is 0 Å². The van der Waals surface area contributed by atoms with E-state index < -0.39 is 0 Å². The Balaban J connectivity index is 0. The van der Waals surface area contributed by atoms with Crippen molar-refractivity contribution < 1.29 is 45.0 Å². The van der Waals surface area contributed by atoms with Gasteiger partial charge >= 0.3 is 28.6 Å². The third-order valence-electron chi connectivity index (χ3n) is 0. The van der Waals surface area contributed by atoms with Crippen LogP contribution in [-0.4, -0.2) is 0 Å². The standard InChI is InChI=1S/2Am.3O/q2*+3;3*-2. The average molecular weight is 534 g/mol. The summed E-state index contributed by atoms with van der Waals surface area (Å²) in [6, 6.07) is 0. The molecule has 0 atom stereocenters. The van der Waals surface area contributed by atoms with Crippen molar-refractivity contribution in [2.45, 2.75) is 0 Å². The summed E-state index contributed by atoms with van der Waals surface area (Å²) >= 11 is 0. The van der Waals surface area contributed by atoms with Gasteiger partial charge in [0.2, 0.25) is 0 Å². The third kappa shape index (κ3) is 75.8. The van der Waals surface area contributed by atoms with Gasteiger partial charge in [-0.3, -0.25) is 0 Å². The summed E-state index contributed by atoms with van der Waals surface area (Å²) in [6.07, 6.45) is 0. The molecule has 0 aliphatic rings. The second kappa shape index (κ2) is 144. The molecule has 0 spiro atoms. The van der Waals surface area contributed by atoms with Crippen LogP contribution in [0.1, 0.15) is 0 Å². The van der Waals surface area contributed by atoms with Crippen molar-refractivity contribution >= 4 is 0 Å². The molecule has 32 valence electrons. The van der Waals surface area contributed by atoms with E-state index in [1.54, 1.807) is 0 Å². The maximum atomic E-state index is 0. The predicted molar refractivity (Wildman–Crippen MR) is 2.06 cm³/mol. The fourth-order valence-electron chi connectivity index (χ4n) is 0. The van der Waals surface area contributed by atoms with E-state index in [1.807, 2.05) is 0 Å². The second-order valence-electron chi connectivity index (χ2n) is 0. The van der Waals surface area contributed by atoms with E-state index in [1.165, 1.54) is 0 Å². The zero-order chi connectivity index (χ0) is 0. The van der Waals surface area contributed by atoms with Crippen molar-refractivity contribution in [3.05, 3.63) is 0 Å². The molecule has 0 aromatic rings. The van der Waals surface area contributed by atoms with Crippen molar-refractivity contribution in [1.29, 1.82) is 0 Å². The molecule has 0 saturated carbocycles. The van der Waals surface area contributed by atoms with Crippen LogP contribution in [0.2, 0.25) is 0 Å². The van der Waals surface area contributed by atoms with Crippen LogP contribution in [0.3, 0.4) is 0 Å². The van der Waals surface area contributed by atoms with Gasteiger partial charge in [0.05, 0.1) is 0 Å². The quantitative estimate of drug-likeness (QED) is 0.407. The van der Waals surface area contributed by atoms with Crippen LogP contribution >= 0.6 is 0 Å². The zero-order valence-electron chi connectivity index (χ0n) is 1.98. The molecule has 0 heterocycles. The van der Waals surface area contributed by atoms with Gasteiger partial charge in [0, 0.05) is 0 Å². The van der Waals surface area contributed by atoms with Gasteiger partial charge in [-0.1, -0.05) is 0 Å². The van der Waals surface area contributed by atoms with Gasteiger partial charge < -0.3 is 16.4 Å². The van der Waals surface area contributed by atoms with Gasteiger partial charge in [-0.05, 0) is 0 Å². The average Bonchev–Trinajstić information content (AvgIpc) is 0. The van der Waals surface area contributed by atoms with Crippen molar-refractivity contribution in [3.8, 4) is 0 Å². The van der Waals surface area contributed by atoms with E-state index in [0.29, 0.717) is 0 Å². The summed E-state index contributed by atoms with van der Waals surface area (Å²) in [5.41, 5.74) is 0. The van der Waals surface area contributed by atoms with Crippen molar-refractivity contribution in [2.75, 3.05) is 0 Å². The molecule has 0 unspecified atom stereocenters. The van der Waals surface area contributed by atoms with Crippen molar-refractivity contribution in [3.63, 3.8) is 0 Å². The first kappa shape index (κ1) is 283. The van der Waals surface area contributed by atoms with Gasteiger partial charge in [-0.15, -0.1) is 0 Å². The Kier molecular flexibility index (Phi) is 8120. The van der Waals surface area contributed by atoms with E-state index in [0.717, 1.165) is 0 Å². The molecular weight excluding hydrogens is 534 g/mol. The van der Waals surface area contributed by atoms with E-state index in [4.69, 9.17) is 0 Å². The minimum Gasteiger partial charge on any atom is -2.00 e. The first-order chi connectivity index (χ1) is 0. The molecule has 3 nitrogen and oxygen atoms in total. The minimum absolute atomic E-state index is 0. The predicted octanol–water partition coefficient (Wildman–Crippen LogP) is -0.356. The first-order valence-electron chi connectivity index (χ1n) is 0. The SMILES string of the molecule is [Am+3].[Am+3].[O-2].[O-2].[O-2]. The summed E-state index contributed by atoms with van der Waals surface area (Å²) < 4.78 is 0. The van der Waals surface area contributed by atoms with Gasteiger partial charge in [0.25, 0.3) is 0 Å². The van der Waals surface area contributed by atoms with E-state index in [9.17, 15) is 0 Å². The van der Waals surface area contributed by atoms with E-state index in [2.05, 4.69) is 0 Å². The number of rotatable bonds is 0. The summed E-state index contributed by atoms with van der Waals surface area (Å²) in [5.74, 6) is 0.